The summed E-state index contributed by atoms with van der Waals surface area (Å²) < 4.78 is 6.24. The van der Waals surface area contributed by atoms with Crippen molar-refractivity contribution >= 4 is 14.3 Å². The van der Waals surface area contributed by atoms with Crippen LogP contribution in [0.15, 0.2) is 0 Å². The summed E-state index contributed by atoms with van der Waals surface area (Å²) in [7, 11) is -1.90. The molecule has 0 bridgehead atoms. The van der Waals surface area contributed by atoms with Crippen LogP contribution in [0.2, 0.25) is 18.1 Å². The van der Waals surface area contributed by atoms with Crippen molar-refractivity contribution < 1.29 is 14.3 Å². The lowest BCUT2D eigenvalue weighted by Gasteiger charge is -2.41. The normalized spacial score (nSPS) is 17.0. The van der Waals surface area contributed by atoms with Gasteiger partial charge in [0.15, 0.2) is 8.32 Å². The number of carbonyl (C=O) groups is 1. The molecule has 0 saturated carbocycles. The maximum absolute atomic E-state index is 11.1. The highest BCUT2D eigenvalue weighted by atomic mass is 28.4. The number of hydrogen-bond donors (Lipinski definition) is 1. The van der Waals surface area contributed by atoms with E-state index in [0.29, 0.717) is 0 Å². The van der Waals surface area contributed by atoms with Gasteiger partial charge in [0.2, 0.25) is 0 Å². The van der Waals surface area contributed by atoms with Crippen LogP contribution in [0.25, 0.3) is 0 Å². The van der Waals surface area contributed by atoms with Crippen molar-refractivity contribution in [2.75, 3.05) is 0 Å². The first kappa shape index (κ1) is 16.6. The summed E-state index contributed by atoms with van der Waals surface area (Å²) in [5.41, 5.74) is 0. The van der Waals surface area contributed by atoms with Crippen LogP contribution in [0, 0.1) is 11.8 Å². The van der Waals surface area contributed by atoms with Crippen molar-refractivity contribution in [3.63, 3.8) is 0 Å². The molecular formula is C13H28O3Si. The molecule has 2 atom stereocenters. The number of carboxylic acid groups (broad SMARTS) is 1. The van der Waals surface area contributed by atoms with E-state index in [2.05, 4.69) is 33.9 Å². The summed E-state index contributed by atoms with van der Waals surface area (Å²) in [6.07, 6.45) is -0.201. The summed E-state index contributed by atoms with van der Waals surface area (Å²) in [6.45, 7) is 16.6. The smallest absolute Gasteiger partial charge is 0.308 e. The molecular weight excluding hydrogens is 232 g/mol. The first-order valence-corrected chi connectivity index (χ1v) is 9.21. The highest BCUT2D eigenvalue weighted by molar-refractivity contribution is 6.74. The molecule has 0 amide bonds. The van der Waals surface area contributed by atoms with Crippen molar-refractivity contribution in [1.82, 2.24) is 0 Å². The van der Waals surface area contributed by atoms with Crippen LogP contribution in [-0.2, 0) is 9.22 Å². The minimum Gasteiger partial charge on any atom is -0.481 e. The average molecular weight is 260 g/mol. The highest BCUT2D eigenvalue weighted by Gasteiger charge is 2.41. The molecule has 0 unspecified atom stereocenters. The van der Waals surface area contributed by atoms with Crippen molar-refractivity contribution in [2.24, 2.45) is 11.8 Å². The second kappa shape index (κ2) is 5.53. The Morgan fingerprint density at radius 2 is 1.59 bits per heavy atom. The van der Waals surface area contributed by atoms with Gasteiger partial charge in [-0.1, -0.05) is 34.6 Å². The van der Waals surface area contributed by atoms with Gasteiger partial charge in [-0.25, -0.2) is 0 Å². The Morgan fingerprint density at radius 1 is 1.18 bits per heavy atom. The van der Waals surface area contributed by atoms with E-state index in [1.54, 1.807) is 6.92 Å². The molecule has 102 valence electrons. The van der Waals surface area contributed by atoms with Gasteiger partial charge in [-0.3, -0.25) is 4.79 Å². The standard InChI is InChI=1S/C13H28O3Si/c1-9(2)11(10(3)12(14)15)16-17(7,8)13(4,5)6/h9-11H,1-8H3,(H,14,15)/t10-,11+/m0/s1. The molecule has 1 N–H and O–H groups in total. The predicted molar refractivity (Wildman–Crippen MR) is 73.7 cm³/mol. The Kier molecular flexibility index (Phi) is 5.41. The Morgan fingerprint density at radius 3 is 1.82 bits per heavy atom. The molecule has 0 rings (SSSR count). The third kappa shape index (κ3) is 4.43. The van der Waals surface area contributed by atoms with E-state index in [1.807, 2.05) is 13.8 Å². The molecule has 0 heterocycles. The molecule has 0 aromatic rings. The lowest BCUT2D eigenvalue weighted by Crippen LogP contribution is -2.48. The Balaban J connectivity index is 4.96. The minimum atomic E-state index is -1.90. The monoisotopic (exact) mass is 260 g/mol. The quantitative estimate of drug-likeness (QED) is 0.766. The van der Waals surface area contributed by atoms with E-state index in [4.69, 9.17) is 9.53 Å². The molecule has 4 heteroatoms. The highest BCUT2D eigenvalue weighted by Crippen LogP contribution is 2.39. The molecule has 0 aromatic heterocycles. The average Bonchev–Trinajstić information content (AvgIpc) is 2.10. The van der Waals surface area contributed by atoms with Crippen LogP contribution in [0.1, 0.15) is 41.5 Å². The zero-order valence-electron chi connectivity index (χ0n) is 12.5. The lowest BCUT2D eigenvalue weighted by molar-refractivity contribution is -0.145. The van der Waals surface area contributed by atoms with Gasteiger partial charge in [0, 0.05) is 0 Å². The van der Waals surface area contributed by atoms with Crippen LogP contribution in [-0.4, -0.2) is 25.5 Å². The lowest BCUT2D eigenvalue weighted by atomic mass is 9.95. The van der Waals surface area contributed by atoms with Crippen LogP contribution < -0.4 is 0 Å². The van der Waals surface area contributed by atoms with Gasteiger partial charge in [0.05, 0.1) is 12.0 Å². The number of hydrogen-bond acceptors (Lipinski definition) is 2. The maximum Gasteiger partial charge on any atom is 0.308 e. The summed E-state index contributed by atoms with van der Waals surface area (Å²) in [5.74, 6) is -1.01. The third-order valence-electron chi connectivity index (χ3n) is 3.78. The predicted octanol–water partition coefficient (Wildman–Crippen LogP) is 3.75. The Hall–Kier alpha value is -0.353. The Bertz CT molecular complexity index is 266. The van der Waals surface area contributed by atoms with E-state index in [9.17, 15) is 4.79 Å². The van der Waals surface area contributed by atoms with Crippen molar-refractivity contribution in [1.29, 1.82) is 0 Å². The van der Waals surface area contributed by atoms with Gasteiger partial charge in [-0.05, 0) is 31.0 Å². The first-order valence-electron chi connectivity index (χ1n) is 6.30. The van der Waals surface area contributed by atoms with Gasteiger partial charge in [0.1, 0.15) is 0 Å². The molecule has 0 saturated heterocycles. The fourth-order valence-electron chi connectivity index (χ4n) is 1.47. The van der Waals surface area contributed by atoms with Crippen LogP contribution in [0.3, 0.4) is 0 Å². The largest absolute Gasteiger partial charge is 0.481 e. The first-order chi connectivity index (χ1) is 7.40. The second-order valence-corrected chi connectivity index (χ2v) is 11.5. The number of rotatable bonds is 5. The van der Waals surface area contributed by atoms with Crippen molar-refractivity contribution in [3.05, 3.63) is 0 Å². The van der Waals surface area contributed by atoms with Gasteiger partial charge < -0.3 is 9.53 Å². The second-order valence-electron chi connectivity index (χ2n) is 6.71. The topological polar surface area (TPSA) is 46.5 Å². The van der Waals surface area contributed by atoms with Gasteiger partial charge in [-0.15, -0.1) is 0 Å². The molecule has 0 aromatic carbocycles. The zero-order chi connectivity index (χ0) is 14.0. The summed E-state index contributed by atoms with van der Waals surface area (Å²) in [5, 5.41) is 9.25. The molecule has 3 nitrogen and oxygen atoms in total. The molecule has 0 aliphatic carbocycles. The molecule has 0 radical (unpaired) electrons. The van der Waals surface area contributed by atoms with Crippen LogP contribution in [0.5, 0.6) is 0 Å². The van der Waals surface area contributed by atoms with Gasteiger partial charge in [0.25, 0.3) is 0 Å². The van der Waals surface area contributed by atoms with Gasteiger partial charge in [-0.2, -0.15) is 0 Å². The number of aliphatic carboxylic acids is 1. The SMILES string of the molecule is CC(C)[C@@H](O[Si](C)(C)C(C)(C)C)[C@H](C)C(=O)O. The van der Waals surface area contributed by atoms with Gasteiger partial charge >= 0.3 is 5.97 Å². The van der Waals surface area contributed by atoms with Crippen molar-refractivity contribution in [3.8, 4) is 0 Å². The molecule has 0 fully saturated rings. The number of carboxylic acids is 1. The van der Waals surface area contributed by atoms with E-state index in [0.717, 1.165) is 0 Å². The van der Waals surface area contributed by atoms with E-state index < -0.39 is 20.2 Å². The maximum atomic E-state index is 11.1. The fraction of sp³-hybridized carbons (Fsp3) is 0.923. The molecule has 0 aliphatic rings. The van der Waals surface area contributed by atoms with E-state index in [-0.39, 0.29) is 17.1 Å². The summed E-state index contributed by atoms with van der Waals surface area (Å²) >= 11 is 0. The Labute approximate surface area is 107 Å². The van der Waals surface area contributed by atoms with Crippen LogP contribution in [0.4, 0.5) is 0 Å². The molecule has 17 heavy (non-hydrogen) atoms. The van der Waals surface area contributed by atoms with E-state index >= 15 is 0 Å². The van der Waals surface area contributed by atoms with Crippen molar-refractivity contribution in [2.45, 2.75) is 65.8 Å². The zero-order valence-corrected chi connectivity index (χ0v) is 13.5. The summed E-state index contributed by atoms with van der Waals surface area (Å²) in [6, 6.07) is 0. The van der Waals surface area contributed by atoms with Crippen LogP contribution >= 0.6 is 0 Å². The molecule has 0 aliphatic heterocycles. The summed E-state index contributed by atoms with van der Waals surface area (Å²) in [4.78, 5) is 11.1. The minimum absolute atomic E-state index is 0.109. The fourth-order valence-corrected chi connectivity index (χ4v) is 2.98. The third-order valence-corrected chi connectivity index (χ3v) is 8.25. The molecule has 0 spiro atoms. The van der Waals surface area contributed by atoms with E-state index in [1.165, 1.54) is 0 Å².